The van der Waals surface area contributed by atoms with Crippen LogP contribution < -0.4 is 15.3 Å². The fourth-order valence-corrected chi connectivity index (χ4v) is 7.81. The highest BCUT2D eigenvalue weighted by Gasteiger charge is 2.40. The number of thioether (sulfide) groups is 1. The molecule has 0 bridgehead atoms. The van der Waals surface area contributed by atoms with E-state index in [2.05, 4.69) is 11.6 Å². The predicted molar refractivity (Wildman–Crippen MR) is 171 cm³/mol. The van der Waals surface area contributed by atoms with Crippen molar-refractivity contribution in [3.05, 3.63) is 93.6 Å². The number of carbonyl (C=O) groups excluding carboxylic acids is 1. The van der Waals surface area contributed by atoms with Crippen LogP contribution in [0.25, 0.3) is 22.0 Å². The Balaban J connectivity index is 1.61. The molecule has 2 aliphatic rings. The van der Waals surface area contributed by atoms with Gasteiger partial charge in [-0.1, -0.05) is 18.2 Å². The van der Waals surface area contributed by atoms with Gasteiger partial charge in [0.2, 0.25) is 5.91 Å². The highest BCUT2D eigenvalue weighted by Crippen LogP contribution is 2.49. The predicted octanol–water partition coefficient (Wildman–Crippen LogP) is 7.32. The topological polar surface area (TPSA) is 67.7 Å². The Morgan fingerprint density at radius 2 is 1.71 bits per heavy atom. The zero-order valence-electron chi connectivity index (χ0n) is 25.5. The van der Waals surface area contributed by atoms with E-state index >= 15 is 17.6 Å². The number of rotatable bonds is 5. The second-order valence-electron chi connectivity index (χ2n) is 11.7. The molecule has 0 radical (unpaired) electrons. The van der Waals surface area contributed by atoms with Gasteiger partial charge in [0.1, 0.15) is 35.1 Å². The molecular formula is C33H27ClF6N4O3S. The quantitative estimate of drug-likeness (QED) is 0.123. The summed E-state index contributed by atoms with van der Waals surface area (Å²) >= 11 is 6.86. The van der Waals surface area contributed by atoms with Crippen molar-refractivity contribution < 1.29 is 35.9 Å². The molecule has 252 valence electrons. The molecule has 3 heterocycles. The van der Waals surface area contributed by atoms with E-state index in [0.29, 0.717) is 6.07 Å². The lowest BCUT2D eigenvalue weighted by atomic mass is 9.95. The lowest BCUT2D eigenvalue weighted by Crippen LogP contribution is -2.58. The van der Waals surface area contributed by atoms with Gasteiger partial charge in [0.25, 0.3) is 0 Å². The molecule has 6 rings (SSSR count). The van der Waals surface area contributed by atoms with Crippen LogP contribution in [0.3, 0.4) is 0 Å². The number of hydrogen-bond acceptors (Lipinski definition) is 6. The molecule has 2 aliphatic heterocycles. The lowest BCUT2D eigenvalue weighted by molar-refractivity contribution is -0.137. The number of nitrogens with zero attached hydrogens (tertiary/aromatic N) is 4. The van der Waals surface area contributed by atoms with Crippen LogP contribution in [-0.2, 0) is 17.5 Å². The van der Waals surface area contributed by atoms with E-state index in [1.54, 1.807) is 23.6 Å². The fourth-order valence-electron chi connectivity index (χ4n) is 6.39. The van der Waals surface area contributed by atoms with E-state index in [9.17, 15) is 18.4 Å². The molecule has 1 aromatic heterocycles. The van der Waals surface area contributed by atoms with E-state index in [-0.39, 0.29) is 58.7 Å². The zero-order chi connectivity index (χ0) is 34.7. The summed E-state index contributed by atoms with van der Waals surface area (Å²) in [6.07, 6.45) is -4.68. The molecule has 1 fully saturated rings. The second kappa shape index (κ2) is 12.7. The molecule has 3 atom stereocenters. The summed E-state index contributed by atoms with van der Waals surface area (Å²) in [5, 5.41) is -0.627. The number of alkyl halides is 3. The van der Waals surface area contributed by atoms with Crippen LogP contribution in [0.2, 0.25) is 5.02 Å². The van der Waals surface area contributed by atoms with Crippen molar-refractivity contribution in [2.45, 2.75) is 49.7 Å². The monoisotopic (exact) mass is 708 g/mol. The van der Waals surface area contributed by atoms with Gasteiger partial charge >= 0.3 is 11.9 Å². The molecule has 1 saturated heterocycles. The molecular weight excluding hydrogens is 682 g/mol. The van der Waals surface area contributed by atoms with Gasteiger partial charge in [-0.2, -0.15) is 18.2 Å². The smallest absolute Gasteiger partial charge is 0.417 e. The number of ether oxygens (including phenoxy) is 1. The van der Waals surface area contributed by atoms with E-state index in [0.717, 1.165) is 23.9 Å². The average molecular weight is 709 g/mol. The van der Waals surface area contributed by atoms with Crippen LogP contribution in [0.1, 0.15) is 19.4 Å². The van der Waals surface area contributed by atoms with Crippen molar-refractivity contribution in [3.8, 4) is 16.9 Å². The number of benzene rings is 3. The van der Waals surface area contributed by atoms with Gasteiger partial charge < -0.3 is 14.5 Å². The van der Waals surface area contributed by atoms with Crippen LogP contribution in [-0.4, -0.2) is 57.4 Å². The number of aromatic nitrogens is 2. The molecule has 0 saturated carbocycles. The van der Waals surface area contributed by atoms with Crippen molar-refractivity contribution >= 4 is 46.0 Å². The Morgan fingerprint density at radius 3 is 2.33 bits per heavy atom. The number of piperazine rings is 1. The molecule has 0 spiro atoms. The average Bonchev–Trinajstić information content (AvgIpc) is 3.21. The van der Waals surface area contributed by atoms with Crippen LogP contribution in [0.4, 0.5) is 32.2 Å². The van der Waals surface area contributed by atoms with Crippen LogP contribution in [0, 0.1) is 17.5 Å². The summed E-state index contributed by atoms with van der Waals surface area (Å²) in [5.74, 6) is -3.05. The molecule has 4 aromatic rings. The molecule has 1 amide bonds. The fraction of sp³-hybridized carbons (Fsp3) is 0.303. The van der Waals surface area contributed by atoms with Gasteiger partial charge in [-0.15, -0.1) is 11.8 Å². The van der Waals surface area contributed by atoms with Gasteiger partial charge in [0.15, 0.2) is 0 Å². The molecule has 7 nitrogen and oxygen atoms in total. The number of anilines is 1. The van der Waals surface area contributed by atoms with E-state index in [4.69, 9.17) is 16.3 Å². The number of carbonyl (C=O) groups is 1. The minimum atomic E-state index is -5.04. The first-order valence-electron chi connectivity index (χ1n) is 14.8. The summed E-state index contributed by atoms with van der Waals surface area (Å²) in [6.45, 7) is 7.19. The third-order valence-electron chi connectivity index (χ3n) is 8.35. The van der Waals surface area contributed by atoms with Gasteiger partial charge in [-0.3, -0.25) is 9.36 Å². The van der Waals surface area contributed by atoms with Crippen LogP contribution >= 0.6 is 23.4 Å². The Labute approximate surface area is 279 Å². The Morgan fingerprint density at radius 1 is 1.04 bits per heavy atom. The first kappa shape index (κ1) is 33.7. The molecule has 3 aromatic carbocycles. The molecule has 0 aliphatic carbocycles. The highest BCUT2D eigenvalue weighted by molar-refractivity contribution is 7.99. The Kier molecular flexibility index (Phi) is 8.92. The maximum Gasteiger partial charge on any atom is 0.417 e. The molecule has 48 heavy (non-hydrogen) atoms. The SMILES string of the molecule is C=CC(=O)N1[C@H](C)CN(c2nc(=O)n3c4c(c(-c5cc(Cl)c(F)cc5F)c(C(F)(F)F)cc24)SC[C@@H](Oc2ccc(F)cc2)C3)C[C@@H]1C. The third kappa shape index (κ3) is 6.11. The molecule has 0 N–H and O–H groups in total. The maximum absolute atomic E-state index is 15.4. The largest absolute Gasteiger partial charge is 0.488 e. The second-order valence-corrected chi connectivity index (χ2v) is 13.1. The number of halogens is 7. The summed E-state index contributed by atoms with van der Waals surface area (Å²) in [5.41, 5.74) is -3.22. The van der Waals surface area contributed by atoms with Gasteiger partial charge in [-0.25, -0.2) is 18.0 Å². The lowest BCUT2D eigenvalue weighted by Gasteiger charge is -2.44. The molecule has 0 unspecified atom stereocenters. The minimum Gasteiger partial charge on any atom is -0.488 e. The normalized spacial score (nSPS) is 19.7. The minimum absolute atomic E-state index is 0.00973. The third-order valence-corrected chi connectivity index (χ3v) is 9.86. The summed E-state index contributed by atoms with van der Waals surface area (Å²) in [6, 6.07) is 6.28. The number of amides is 1. The maximum atomic E-state index is 15.4. The van der Waals surface area contributed by atoms with E-state index < -0.39 is 69.2 Å². The van der Waals surface area contributed by atoms with Gasteiger partial charge in [0.05, 0.1) is 22.6 Å². The van der Waals surface area contributed by atoms with Crippen LogP contribution in [0.15, 0.2) is 64.8 Å². The highest BCUT2D eigenvalue weighted by atomic mass is 35.5. The van der Waals surface area contributed by atoms with Gasteiger partial charge in [0, 0.05) is 58.4 Å². The van der Waals surface area contributed by atoms with E-state index in [1.807, 2.05) is 0 Å². The summed E-state index contributed by atoms with van der Waals surface area (Å²) < 4.78 is 95.5. The standard InChI is InChI=1S/C33H27ClF6N4O3S/c1-4-27(45)44-16(2)12-42(13-17(44)3)31-22-9-23(33(38,39)40)28(21-10-24(34)26(37)11-25(21)36)30-29(22)43(32(46)41-31)14-20(15-48-30)47-19-7-5-18(35)6-8-19/h4-11,16-17,20H,1,12-15H2,2-3H3/t16-,17+,20-/m0/s1. The Bertz CT molecular complexity index is 1990. The van der Waals surface area contributed by atoms with Crippen molar-refractivity contribution in [2.24, 2.45) is 0 Å². The van der Waals surface area contributed by atoms with Gasteiger partial charge in [-0.05, 0) is 56.3 Å². The zero-order valence-corrected chi connectivity index (χ0v) is 27.0. The first-order chi connectivity index (χ1) is 22.7. The van der Waals surface area contributed by atoms with E-state index in [1.165, 1.54) is 34.9 Å². The summed E-state index contributed by atoms with van der Waals surface area (Å²) in [4.78, 5) is 33.8. The van der Waals surface area contributed by atoms with Crippen molar-refractivity contribution in [2.75, 3.05) is 23.7 Å². The summed E-state index contributed by atoms with van der Waals surface area (Å²) in [7, 11) is 0. The van der Waals surface area contributed by atoms with Crippen molar-refractivity contribution in [1.29, 1.82) is 0 Å². The van der Waals surface area contributed by atoms with Crippen LogP contribution in [0.5, 0.6) is 5.75 Å². The number of hydrogen-bond donors (Lipinski definition) is 0. The van der Waals surface area contributed by atoms with Crippen molar-refractivity contribution in [1.82, 2.24) is 14.5 Å². The molecule has 15 heteroatoms. The Hall–Kier alpha value is -4.17. The first-order valence-corrected chi connectivity index (χ1v) is 16.1. The van der Waals surface area contributed by atoms with Crippen molar-refractivity contribution in [3.63, 3.8) is 0 Å².